The van der Waals surface area contributed by atoms with Gasteiger partial charge < -0.3 is 5.32 Å². The van der Waals surface area contributed by atoms with Crippen LogP contribution >= 0.6 is 11.6 Å². The lowest BCUT2D eigenvalue weighted by atomic mass is 10.2. The average molecular weight is 186 g/mol. The molecular weight excluding hydrogens is 170 g/mol. The van der Waals surface area contributed by atoms with Gasteiger partial charge >= 0.3 is 0 Å². The van der Waals surface area contributed by atoms with Crippen molar-refractivity contribution in [2.45, 2.75) is 19.3 Å². The SMILES string of the molecule is C#CCCCCNC/C=C/CCl. The summed E-state index contributed by atoms with van der Waals surface area (Å²) < 4.78 is 0. The molecule has 0 saturated heterocycles. The number of allylic oxidation sites excluding steroid dienone is 1. The van der Waals surface area contributed by atoms with E-state index < -0.39 is 0 Å². The molecule has 0 amide bonds. The van der Waals surface area contributed by atoms with Crippen LogP contribution in [0, 0.1) is 12.3 Å². The topological polar surface area (TPSA) is 12.0 Å². The predicted octanol–water partition coefficient (Wildman–Crippen LogP) is 2.17. The van der Waals surface area contributed by atoms with Crippen LogP contribution in [-0.4, -0.2) is 19.0 Å². The van der Waals surface area contributed by atoms with Gasteiger partial charge in [-0.15, -0.1) is 23.9 Å². The van der Waals surface area contributed by atoms with Crippen LogP contribution in [0.5, 0.6) is 0 Å². The second-order valence-electron chi connectivity index (χ2n) is 2.49. The third kappa shape index (κ3) is 9.55. The van der Waals surface area contributed by atoms with E-state index in [2.05, 4.69) is 11.2 Å². The van der Waals surface area contributed by atoms with Crippen molar-refractivity contribution in [3.63, 3.8) is 0 Å². The molecule has 0 aliphatic heterocycles. The van der Waals surface area contributed by atoms with E-state index in [1.54, 1.807) is 0 Å². The molecule has 0 fully saturated rings. The zero-order valence-corrected chi connectivity index (χ0v) is 8.11. The van der Waals surface area contributed by atoms with E-state index in [9.17, 15) is 0 Å². The van der Waals surface area contributed by atoms with E-state index in [-0.39, 0.29) is 0 Å². The number of rotatable bonds is 7. The normalized spacial score (nSPS) is 10.3. The Kier molecular flexibility index (Phi) is 10.2. The number of hydrogen-bond acceptors (Lipinski definition) is 1. The molecule has 0 unspecified atom stereocenters. The molecule has 0 aliphatic rings. The van der Waals surface area contributed by atoms with Gasteiger partial charge in [0.15, 0.2) is 0 Å². The van der Waals surface area contributed by atoms with E-state index in [1.165, 1.54) is 0 Å². The molecule has 0 rings (SSSR count). The minimum absolute atomic E-state index is 0.596. The van der Waals surface area contributed by atoms with E-state index in [0.29, 0.717) is 5.88 Å². The molecule has 1 N–H and O–H groups in total. The molecular formula is C10H16ClN. The lowest BCUT2D eigenvalue weighted by Crippen LogP contribution is -2.14. The summed E-state index contributed by atoms with van der Waals surface area (Å²) in [7, 11) is 0. The van der Waals surface area contributed by atoms with E-state index in [0.717, 1.165) is 32.4 Å². The Labute approximate surface area is 80.2 Å². The van der Waals surface area contributed by atoms with Crippen molar-refractivity contribution in [2.24, 2.45) is 0 Å². The summed E-state index contributed by atoms with van der Waals surface area (Å²) in [5.74, 6) is 3.22. The Bertz CT molecular complexity index is 146. The number of halogens is 1. The minimum atomic E-state index is 0.596. The van der Waals surface area contributed by atoms with Crippen LogP contribution in [0.15, 0.2) is 12.2 Å². The molecule has 0 aliphatic carbocycles. The maximum Gasteiger partial charge on any atom is 0.0404 e. The monoisotopic (exact) mass is 185 g/mol. The second-order valence-corrected chi connectivity index (χ2v) is 2.80. The first-order valence-electron chi connectivity index (χ1n) is 4.27. The zero-order chi connectivity index (χ0) is 9.07. The van der Waals surface area contributed by atoms with Gasteiger partial charge in [0.2, 0.25) is 0 Å². The van der Waals surface area contributed by atoms with Crippen molar-refractivity contribution in [3.05, 3.63) is 12.2 Å². The Balaban J connectivity index is 2.92. The summed E-state index contributed by atoms with van der Waals surface area (Å²) in [5.41, 5.74) is 0. The molecule has 0 radical (unpaired) electrons. The molecule has 0 aromatic carbocycles. The summed E-state index contributed by atoms with van der Waals surface area (Å²) in [6.07, 6.45) is 12.2. The molecule has 0 aromatic heterocycles. The lowest BCUT2D eigenvalue weighted by Gasteiger charge is -1.98. The maximum absolute atomic E-state index is 5.45. The summed E-state index contributed by atoms with van der Waals surface area (Å²) >= 11 is 5.45. The summed E-state index contributed by atoms with van der Waals surface area (Å²) in [6, 6.07) is 0. The van der Waals surface area contributed by atoms with Gasteiger partial charge in [0.25, 0.3) is 0 Å². The molecule has 0 spiro atoms. The van der Waals surface area contributed by atoms with E-state index >= 15 is 0 Å². The summed E-state index contributed by atoms with van der Waals surface area (Å²) in [5, 5.41) is 3.27. The van der Waals surface area contributed by atoms with Gasteiger partial charge in [-0.2, -0.15) is 0 Å². The largest absolute Gasteiger partial charge is 0.313 e. The van der Waals surface area contributed by atoms with Crippen LogP contribution < -0.4 is 5.32 Å². The fraction of sp³-hybridized carbons (Fsp3) is 0.600. The second kappa shape index (κ2) is 10.6. The van der Waals surface area contributed by atoms with Gasteiger partial charge in [0.05, 0.1) is 0 Å². The smallest absolute Gasteiger partial charge is 0.0404 e. The van der Waals surface area contributed by atoms with Crippen molar-refractivity contribution >= 4 is 11.6 Å². The fourth-order valence-corrected chi connectivity index (χ4v) is 0.935. The van der Waals surface area contributed by atoms with Crippen LogP contribution in [0.2, 0.25) is 0 Å². The van der Waals surface area contributed by atoms with Crippen LogP contribution in [0.4, 0.5) is 0 Å². The number of nitrogens with one attached hydrogen (secondary N) is 1. The molecule has 0 heterocycles. The first kappa shape index (κ1) is 11.6. The van der Waals surface area contributed by atoms with Gasteiger partial charge in [0.1, 0.15) is 0 Å². The van der Waals surface area contributed by atoms with Crippen LogP contribution in [0.1, 0.15) is 19.3 Å². The highest BCUT2D eigenvalue weighted by Crippen LogP contribution is 1.90. The molecule has 0 saturated carbocycles. The van der Waals surface area contributed by atoms with E-state index in [1.807, 2.05) is 12.2 Å². The number of alkyl halides is 1. The quantitative estimate of drug-likeness (QED) is 0.278. The predicted molar refractivity (Wildman–Crippen MR) is 55.4 cm³/mol. The van der Waals surface area contributed by atoms with Crippen LogP contribution in [0.25, 0.3) is 0 Å². The summed E-state index contributed by atoms with van der Waals surface area (Å²) in [4.78, 5) is 0. The van der Waals surface area contributed by atoms with Crippen LogP contribution in [-0.2, 0) is 0 Å². The highest BCUT2D eigenvalue weighted by atomic mass is 35.5. The summed E-state index contributed by atoms with van der Waals surface area (Å²) in [6.45, 7) is 1.94. The zero-order valence-electron chi connectivity index (χ0n) is 7.35. The molecule has 68 valence electrons. The first-order valence-corrected chi connectivity index (χ1v) is 4.80. The number of hydrogen-bond donors (Lipinski definition) is 1. The van der Waals surface area contributed by atoms with Gasteiger partial charge in [-0.05, 0) is 19.4 Å². The Morgan fingerprint density at radius 1 is 1.33 bits per heavy atom. The third-order valence-electron chi connectivity index (χ3n) is 1.44. The van der Waals surface area contributed by atoms with Crippen molar-refractivity contribution in [1.82, 2.24) is 5.32 Å². The van der Waals surface area contributed by atoms with Gasteiger partial charge in [0, 0.05) is 18.8 Å². The van der Waals surface area contributed by atoms with Gasteiger partial charge in [-0.3, -0.25) is 0 Å². The first-order chi connectivity index (χ1) is 5.91. The molecule has 0 aromatic rings. The fourth-order valence-electron chi connectivity index (χ4n) is 0.809. The average Bonchev–Trinajstić information content (AvgIpc) is 2.10. The lowest BCUT2D eigenvalue weighted by molar-refractivity contribution is 0.665. The number of terminal acetylenes is 1. The van der Waals surface area contributed by atoms with Gasteiger partial charge in [-0.1, -0.05) is 12.2 Å². The molecule has 0 atom stereocenters. The molecule has 1 nitrogen and oxygen atoms in total. The van der Waals surface area contributed by atoms with Crippen molar-refractivity contribution in [3.8, 4) is 12.3 Å². The van der Waals surface area contributed by atoms with Crippen LogP contribution in [0.3, 0.4) is 0 Å². The van der Waals surface area contributed by atoms with Crippen molar-refractivity contribution in [2.75, 3.05) is 19.0 Å². The third-order valence-corrected chi connectivity index (χ3v) is 1.62. The molecule has 0 bridgehead atoms. The standard InChI is InChI=1S/C10H16ClN/c1-2-3-4-6-9-12-10-7-5-8-11/h1,5,7,12H,3-4,6,8-10H2/b7-5+. The minimum Gasteiger partial charge on any atom is -0.313 e. The maximum atomic E-state index is 5.45. The van der Waals surface area contributed by atoms with E-state index in [4.69, 9.17) is 18.0 Å². The Morgan fingerprint density at radius 2 is 2.17 bits per heavy atom. The molecule has 12 heavy (non-hydrogen) atoms. The molecule has 2 heteroatoms. The highest BCUT2D eigenvalue weighted by Gasteiger charge is 1.84. The van der Waals surface area contributed by atoms with Crippen molar-refractivity contribution < 1.29 is 0 Å². The Hall–Kier alpha value is -0.450. The highest BCUT2D eigenvalue weighted by molar-refractivity contribution is 6.18. The number of unbranched alkanes of at least 4 members (excludes halogenated alkanes) is 2. The van der Waals surface area contributed by atoms with Crippen molar-refractivity contribution in [1.29, 1.82) is 0 Å². The Morgan fingerprint density at radius 3 is 2.83 bits per heavy atom. The van der Waals surface area contributed by atoms with Gasteiger partial charge in [-0.25, -0.2) is 0 Å².